The average molecular weight is 1290 g/mol. The number of carbonyl (C=O) groups excluding carboxylic acids is 5. The van der Waals surface area contributed by atoms with Crippen LogP contribution >= 0.6 is 0 Å². The molecule has 0 saturated heterocycles. The van der Waals surface area contributed by atoms with Crippen molar-refractivity contribution < 1.29 is 129 Å². The molecule has 0 radical (unpaired) electrons. The van der Waals surface area contributed by atoms with Gasteiger partial charge in [0.15, 0.2) is 81.9 Å². The highest BCUT2D eigenvalue weighted by Gasteiger charge is 2.55. The number of rotatable bonds is 0. The zero-order valence-electron chi connectivity index (χ0n) is 45.0. The first kappa shape index (κ1) is 84.1. The Hall–Kier alpha value is -13.1. The Balaban J connectivity index is -0.00000275. The Morgan fingerprint density at radius 3 is 1.05 bits per heavy atom. The molecule has 26 nitrogen and oxygen atoms in total. The molecule has 0 aliphatic carbocycles. The maximum absolute atomic E-state index is 15.0. The van der Waals surface area contributed by atoms with E-state index >= 15 is 0 Å². The number of aliphatic hydroxyl groups excluding tert-OH is 1. The Kier molecular flexibility index (Phi) is 31.7. The lowest BCUT2D eigenvalue weighted by Crippen LogP contribution is -2.56. The van der Waals surface area contributed by atoms with Gasteiger partial charge >= 0.3 is 29.8 Å². The van der Waals surface area contributed by atoms with E-state index in [4.69, 9.17) is 43.0 Å². The van der Waals surface area contributed by atoms with Gasteiger partial charge in [0, 0.05) is 38.9 Å². The highest BCUT2D eigenvalue weighted by atomic mass is 16.6. The van der Waals surface area contributed by atoms with Crippen LogP contribution in [0.15, 0.2) is 18.2 Å². The zero-order valence-corrected chi connectivity index (χ0v) is 45.0. The Morgan fingerprint density at radius 1 is 0.366 bits per heavy atom. The van der Waals surface area contributed by atoms with E-state index in [1.165, 1.54) is 0 Å². The number of aromatic hydroxyl groups is 15. The van der Waals surface area contributed by atoms with Gasteiger partial charge in [0.05, 0.1) is 27.8 Å². The molecule has 93 heavy (non-hydrogen) atoms. The molecule has 5 atom stereocenters. The predicted octanol–water partition coefficient (Wildman–Crippen LogP) is 7.95. The lowest BCUT2D eigenvalue weighted by atomic mass is 9.80. The summed E-state index contributed by atoms with van der Waals surface area (Å²) in [5.74, 6) is -8.82. The van der Waals surface area contributed by atoms with Gasteiger partial charge in [-0.15, -0.1) is 56.3 Å². The highest BCUT2D eigenvalue weighted by Crippen LogP contribution is 2.62. The summed E-state index contributed by atoms with van der Waals surface area (Å²) in [6.07, 6.45) is 13.3. The first-order chi connectivity index (χ1) is 41.1. The summed E-state index contributed by atoms with van der Waals surface area (Å²) in [6.45, 7) is 5.49. The van der Waals surface area contributed by atoms with Crippen LogP contribution in [-0.4, -0.2) is 143 Å². The predicted molar refractivity (Wildman–Crippen MR) is 338 cm³/mol. The molecule has 6 bridgehead atoms. The molecule has 5 aromatic rings. The summed E-state index contributed by atoms with van der Waals surface area (Å²) in [5, 5.41) is 177. The molecule has 5 aromatic carbocycles. The first-order valence-corrected chi connectivity index (χ1v) is 23.6. The van der Waals surface area contributed by atoms with Gasteiger partial charge < -0.3 is 105 Å². The second kappa shape index (κ2) is 35.0. The van der Waals surface area contributed by atoms with Crippen LogP contribution in [0, 0.1) is 97.7 Å². The summed E-state index contributed by atoms with van der Waals surface area (Å²) in [7, 11) is 0. The third-order valence-corrected chi connectivity index (χ3v) is 12.1. The molecule has 0 saturated carbocycles. The summed E-state index contributed by atoms with van der Waals surface area (Å²) in [4.78, 5) is 72.4. The zero-order chi connectivity index (χ0) is 65.8. The van der Waals surface area contributed by atoms with Crippen molar-refractivity contribution in [3.63, 3.8) is 0 Å². The summed E-state index contributed by atoms with van der Waals surface area (Å²) < 4.78 is 27.8. The van der Waals surface area contributed by atoms with E-state index in [-0.39, 0.29) is 44.6 Å². The second-order valence-corrected chi connectivity index (χ2v) is 16.9. The fraction of sp³-hybridized carbons (Fsp3) is 0.239. The maximum Gasteiger partial charge on any atom is 0.340 e. The number of benzene rings is 5. The van der Waals surface area contributed by atoms with Gasteiger partial charge in [0.2, 0.25) is 28.7 Å². The lowest BCUT2D eigenvalue weighted by Gasteiger charge is -2.40. The number of hydrogen-bond donors (Lipinski definition) is 16. The van der Waals surface area contributed by atoms with Crippen molar-refractivity contribution in [1.82, 2.24) is 0 Å². The van der Waals surface area contributed by atoms with E-state index in [1.807, 2.05) is 13.8 Å². The Morgan fingerprint density at radius 2 is 0.677 bits per heavy atom. The van der Waals surface area contributed by atoms with Gasteiger partial charge in [0.25, 0.3) is 0 Å². The van der Waals surface area contributed by atoms with Gasteiger partial charge in [-0.3, -0.25) is 0 Å². The number of fused-ring (bicyclic) bond motifs is 7. The van der Waals surface area contributed by atoms with Crippen LogP contribution < -0.4 is 0 Å². The van der Waals surface area contributed by atoms with E-state index in [2.05, 4.69) is 78.5 Å². The van der Waals surface area contributed by atoms with Crippen LogP contribution in [0.4, 0.5) is 0 Å². The van der Waals surface area contributed by atoms with E-state index in [0.29, 0.717) is 18.2 Å². The number of phenolic OH excluding ortho intramolecular Hbond substituents is 15. The third-order valence-electron chi connectivity index (χ3n) is 12.1. The monoisotopic (exact) mass is 1290 g/mol. The average Bonchev–Trinajstić information content (AvgIpc) is 1.42. The maximum atomic E-state index is 15.0. The number of carbonyl (C=O) groups is 5. The molecular weight excluding hydrogens is 1220 g/mol. The molecule has 16 N–H and O–H groups in total. The first-order valence-electron chi connectivity index (χ1n) is 23.6. The van der Waals surface area contributed by atoms with E-state index in [0.717, 1.165) is 0 Å². The Labute approximate surface area is 535 Å². The van der Waals surface area contributed by atoms with Crippen molar-refractivity contribution in [2.45, 2.75) is 103 Å². The topological polar surface area (TPSA) is 455 Å². The minimum atomic E-state index is -2.79. The third kappa shape index (κ3) is 15.4. The minimum absolute atomic E-state index is 0. The normalized spacial score (nSPS) is 15.4. The number of esters is 5. The SMILES string of the molecule is C.C.C.C.C.C.C#C.C#CC.C#CC#CC.C#CC#CC#C.CC#CC.O=C1OC[C@H]2OC(=O)c3cc(O)c(O)c(O)c3-c3c(O)c(O)c(O)c4c3C(=O)O[C@H]([C@H]3OC(=O)c5c-4c(O)c(O)c(O)c5[C@@H]3O)[C@@H]2OC(=O)c2cc(O)c(O)c(O)c2-c2c1cc(O)c(O)c2O. The van der Waals surface area contributed by atoms with Gasteiger partial charge in [-0.2, -0.15) is 0 Å². The standard InChI is InChI=1S/C41H26O26.C6H2.C5H4.C4H6.C3H4.C2H2.6CH4/c42-8-1-5-12(24(48)21(8)45)13-6(2-9(43)22(46)25(13)49)39(60)65-34-11(4-63-37(5)58)64-38(59)7-3-10(44)23(47)26(50)14(7)15-18-16(28(52)32(56)27(15)51)17-19-20(30(54)33(57)29(17)53)31(55)35(66-41(19)62)36(34)67-40(18)61;1-3-5-6-4-2;1-3-5-4-2;1-3-4-2;1-3-2;1-2;;;;;;/h1-3,11,31,34-36,42-57H,4H2;1-2H;1H,2H3;1-2H3;1H,2H3;1-2H;6*1H4/t11-,31+,34-,35+,36+;;;;;;;;;;;/m1.........../s1. The fourth-order valence-electron chi connectivity index (χ4n) is 8.53. The second-order valence-electron chi connectivity index (χ2n) is 16.9. The number of cyclic esters (lactones) is 1. The Bertz CT molecular complexity index is 4100. The summed E-state index contributed by atoms with van der Waals surface area (Å²) in [6, 6.07) is 1.07. The molecule has 5 heterocycles. The van der Waals surface area contributed by atoms with Crippen molar-refractivity contribution in [1.29, 1.82) is 0 Å². The molecular formula is C67H68O26. The van der Waals surface area contributed by atoms with E-state index in [1.54, 1.807) is 13.8 Å². The van der Waals surface area contributed by atoms with Crippen molar-refractivity contribution in [2.75, 3.05) is 6.61 Å². The molecule has 0 fully saturated rings. The lowest BCUT2D eigenvalue weighted by molar-refractivity contribution is -0.154. The molecule has 0 unspecified atom stereocenters. The van der Waals surface area contributed by atoms with E-state index < -0.39 is 220 Å². The molecule has 492 valence electrons. The number of ether oxygens (including phenoxy) is 5. The van der Waals surface area contributed by atoms with Gasteiger partial charge in [-0.05, 0) is 81.4 Å². The number of phenols is 15. The summed E-state index contributed by atoms with van der Waals surface area (Å²) >= 11 is 0. The van der Waals surface area contributed by atoms with Crippen molar-refractivity contribution >= 4 is 29.8 Å². The van der Waals surface area contributed by atoms with Crippen LogP contribution in [0.3, 0.4) is 0 Å². The quantitative estimate of drug-likeness (QED) is 0.0302. The van der Waals surface area contributed by atoms with Crippen LogP contribution in [0.25, 0.3) is 33.4 Å². The van der Waals surface area contributed by atoms with Crippen molar-refractivity contribution in [3.05, 3.63) is 51.6 Å². The van der Waals surface area contributed by atoms with Crippen molar-refractivity contribution in [2.24, 2.45) is 0 Å². The highest BCUT2D eigenvalue weighted by molar-refractivity contribution is 6.16. The van der Waals surface area contributed by atoms with Crippen LogP contribution in [-0.2, 0) is 23.7 Å². The molecule has 5 aliphatic rings. The van der Waals surface area contributed by atoms with Gasteiger partial charge in [-0.25, -0.2) is 24.0 Å². The van der Waals surface area contributed by atoms with Gasteiger partial charge in [-0.1, -0.05) is 50.5 Å². The summed E-state index contributed by atoms with van der Waals surface area (Å²) in [5.41, 5.74) is -14.9. The molecule has 26 heteroatoms. The number of hydrogen-bond acceptors (Lipinski definition) is 26. The smallest absolute Gasteiger partial charge is 0.340 e. The van der Waals surface area contributed by atoms with Crippen LogP contribution in [0.2, 0.25) is 0 Å². The van der Waals surface area contributed by atoms with E-state index in [9.17, 15) is 106 Å². The van der Waals surface area contributed by atoms with Crippen molar-refractivity contribution in [3.8, 4) is 217 Å². The number of aliphatic hydroxyl groups is 1. The molecule has 0 aromatic heterocycles. The molecule has 0 amide bonds. The van der Waals surface area contributed by atoms with Crippen LogP contribution in [0.5, 0.6) is 86.2 Å². The number of terminal acetylenes is 5. The molecule has 10 rings (SSSR count). The molecule has 5 aliphatic heterocycles. The van der Waals surface area contributed by atoms with Gasteiger partial charge in [0.1, 0.15) is 12.7 Å². The van der Waals surface area contributed by atoms with Crippen LogP contribution in [0.1, 0.15) is 136 Å². The fourth-order valence-corrected chi connectivity index (χ4v) is 8.53. The minimum Gasteiger partial charge on any atom is -0.504 e. The molecule has 0 spiro atoms. The largest absolute Gasteiger partial charge is 0.504 e.